The topological polar surface area (TPSA) is 68.4 Å². The van der Waals surface area contributed by atoms with Crippen LogP contribution in [0.5, 0.6) is 0 Å². The third-order valence-corrected chi connectivity index (χ3v) is 4.22. The van der Waals surface area contributed by atoms with E-state index in [9.17, 15) is 4.79 Å². The zero-order valence-corrected chi connectivity index (χ0v) is 13.9. The average molecular weight is 319 g/mol. The summed E-state index contributed by atoms with van der Waals surface area (Å²) in [5.41, 5.74) is 3.54. The number of aromatic nitrogens is 1. The molecule has 0 unspecified atom stereocenters. The molecule has 0 radical (unpaired) electrons. The van der Waals surface area contributed by atoms with Crippen molar-refractivity contribution in [2.45, 2.75) is 20.4 Å². The number of aryl methyl sites for hydroxylation is 2. The van der Waals surface area contributed by atoms with Crippen molar-refractivity contribution in [3.8, 4) is 0 Å². The standard InChI is InChI=1S/C16H21N3O2S/c1-10-4-5-11(2)14-13(10)8-12(15(21)18-14)9-19(6-7-20)16(22)17-3/h4-5,8,20H,6-7,9H2,1-3H3,(H,17,22)(H,18,21). The molecule has 1 aromatic carbocycles. The predicted molar refractivity (Wildman–Crippen MR) is 93.2 cm³/mol. The van der Waals surface area contributed by atoms with Gasteiger partial charge in [0.05, 0.1) is 18.7 Å². The zero-order valence-electron chi connectivity index (χ0n) is 13.1. The molecule has 0 saturated carbocycles. The molecule has 0 fully saturated rings. The van der Waals surface area contributed by atoms with Crippen LogP contribution in [-0.4, -0.2) is 40.3 Å². The Labute approximate surface area is 135 Å². The Kier molecular flexibility index (Phi) is 5.15. The number of H-pyrrole nitrogens is 1. The Morgan fingerprint density at radius 1 is 1.36 bits per heavy atom. The minimum Gasteiger partial charge on any atom is -0.395 e. The lowest BCUT2D eigenvalue weighted by Crippen LogP contribution is -2.40. The van der Waals surface area contributed by atoms with Gasteiger partial charge in [-0.15, -0.1) is 0 Å². The molecule has 0 aliphatic carbocycles. The molecule has 22 heavy (non-hydrogen) atoms. The van der Waals surface area contributed by atoms with Crippen molar-refractivity contribution >= 4 is 28.2 Å². The van der Waals surface area contributed by atoms with E-state index in [4.69, 9.17) is 17.3 Å². The zero-order chi connectivity index (χ0) is 16.3. The molecule has 5 nitrogen and oxygen atoms in total. The minimum atomic E-state index is -0.122. The van der Waals surface area contributed by atoms with E-state index in [0.29, 0.717) is 23.8 Å². The van der Waals surface area contributed by atoms with Crippen molar-refractivity contribution in [3.63, 3.8) is 0 Å². The lowest BCUT2D eigenvalue weighted by molar-refractivity contribution is 0.245. The fourth-order valence-electron chi connectivity index (χ4n) is 2.47. The largest absolute Gasteiger partial charge is 0.395 e. The normalized spacial score (nSPS) is 10.7. The second-order valence-corrected chi connectivity index (χ2v) is 5.70. The summed E-state index contributed by atoms with van der Waals surface area (Å²) in [6, 6.07) is 5.96. The van der Waals surface area contributed by atoms with Crippen molar-refractivity contribution < 1.29 is 5.11 Å². The molecule has 2 rings (SSSR count). The van der Waals surface area contributed by atoms with Crippen LogP contribution in [0.25, 0.3) is 10.9 Å². The first kappa shape index (κ1) is 16.5. The van der Waals surface area contributed by atoms with Crippen LogP contribution in [-0.2, 0) is 6.54 Å². The van der Waals surface area contributed by atoms with Gasteiger partial charge in [0.2, 0.25) is 0 Å². The van der Waals surface area contributed by atoms with Gasteiger partial charge >= 0.3 is 0 Å². The molecule has 0 bridgehead atoms. The molecule has 0 aliphatic rings. The SMILES string of the molecule is CNC(=S)N(CCO)Cc1cc2c(C)ccc(C)c2[nH]c1=O. The maximum Gasteiger partial charge on any atom is 0.253 e. The number of rotatable bonds is 4. The second kappa shape index (κ2) is 6.89. The highest BCUT2D eigenvalue weighted by molar-refractivity contribution is 7.80. The van der Waals surface area contributed by atoms with Gasteiger partial charge in [-0.1, -0.05) is 12.1 Å². The highest BCUT2D eigenvalue weighted by atomic mass is 32.1. The van der Waals surface area contributed by atoms with E-state index < -0.39 is 0 Å². The van der Waals surface area contributed by atoms with Crippen molar-refractivity contribution in [2.75, 3.05) is 20.2 Å². The number of pyridine rings is 1. The number of fused-ring (bicyclic) bond motifs is 1. The molecule has 0 aliphatic heterocycles. The van der Waals surface area contributed by atoms with Crippen molar-refractivity contribution in [1.82, 2.24) is 15.2 Å². The number of thiocarbonyl (C=S) groups is 1. The Morgan fingerprint density at radius 3 is 2.68 bits per heavy atom. The Morgan fingerprint density at radius 2 is 2.05 bits per heavy atom. The van der Waals surface area contributed by atoms with Gasteiger partial charge in [-0.05, 0) is 43.3 Å². The molecule has 0 saturated heterocycles. The summed E-state index contributed by atoms with van der Waals surface area (Å²) < 4.78 is 0. The van der Waals surface area contributed by atoms with E-state index in [1.54, 1.807) is 11.9 Å². The molecule has 3 N–H and O–H groups in total. The second-order valence-electron chi connectivity index (χ2n) is 5.31. The molecule has 2 aromatic rings. The summed E-state index contributed by atoms with van der Waals surface area (Å²) >= 11 is 5.22. The Hall–Kier alpha value is -1.92. The minimum absolute atomic E-state index is 0.0224. The lowest BCUT2D eigenvalue weighted by atomic mass is 10.0. The third kappa shape index (κ3) is 3.28. The predicted octanol–water partition coefficient (Wildman–Crippen LogP) is 1.44. The van der Waals surface area contributed by atoms with Crippen LogP contribution in [0, 0.1) is 13.8 Å². The molecule has 0 spiro atoms. The number of nitrogens with zero attached hydrogens (tertiary/aromatic N) is 1. The van der Waals surface area contributed by atoms with E-state index in [1.807, 2.05) is 32.0 Å². The summed E-state index contributed by atoms with van der Waals surface area (Å²) in [6.45, 7) is 4.72. The van der Waals surface area contributed by atoms with Crippen LogP contribution >= 0.6 is 12.2 Å². The first-order chi connectivity index (χ1) is 10.5. The van der Waals surface area contributed by atoms with Gasteiger partial charge in [0.15, 0.2) is 5.11 Å². The van der Waals surface area contributed by atoms with Gasteiger partial charge in [-0.2, -0.15) is 0 Å². The van der Waals surface area contributed by atoms with Gasteiger partial charge in [0, 0.05) is 24.5 Å². The smallest absolute Gasteiger partial charge is 0.253 e. The quantitative estimate of drug-likeness (QED) is 0.744. The third-order valence-electron chi connectivity index (χ3n) is 3.75. The van der Waals surface area contributed by atoms with Crippen LogP contribution in [0.15, 0.2) is 23.0 Å². The molecule has 6 heteroatoms. The van der Waals surface area contributed by atoms with E-state index in [1.165, 1.54) is 0 Å². The van der Waals surface area contributed by atoms with Crippen molar-refractivity contribution in [1.29, 1.82) is 0 Å². The molecule has 0 atom stereocenters. The summed E-state index contributed by atoms with van der Waals surface area (Å²) in [5, 5.41) is 13.6. The van der Waals surface area contributed by atoms with Gasteiger partial charge < -0.3 is 20.3 Å². The summed E-state index contributed by atoms with van der Waals surface area (Å²) in [7, 11) is 1.73. The number of aliphatic hydroxyl groups is 1. The number of nitrogens with one attached hydrogen (secondary N) is 2. The van der Waals surface area contributed by atoms with E-state index >= 15 is 0 Å². The van der Waals surface area contributed by atoms with Gasteiger partial charge in [0.1, 0.15) is 0 Å². The number of aliphatic hydroxyl groups excluding tert-OH is 1. The Balaban J connectivity index is 2.47. The van der Waals surface area contributed by atoms with Crippen LogP contribution < -0.4 is 10.9 Å². The number of hydrogen-bond acceptors (Lipinski definition) is 3. The lowest BCUT2D eigenvalue weighted by Gasteiger charge is -2.23. The van der Waals surface area contributed by atoms with Crippen LogP contribution in [0.3, 0.4) is 0 Å². The summed E-state index contributed by atoms with van der Waals surface area (Å²) in [4.78, 5) is 17.1. The molecular formula is C16H21N3O2S. The highest BCUT2D eigenvalue weighted by Crippen LogP contribution is 2.20. The summed E-state index contributed by atoms with van der Waals surface area (Å²) in [6.07, 6.45) is 0. The maximum atomic E-state index is 12.3. The van der Waals surface area contributed by atoms with Gasteiger partial charge in [-0.3, -0.25) is 4.79 Å². The monoisotopic (exact) mass is 319 g/mol. The van der Waals surface area contributed by atoms with E-state index in [2.05, 4.69) is 10.3 Å². The number of hydrogen-bond donors (Lipinski definition) is 3. The fourth-order valence-corrected chi connectivity index (χ4v) is 2.63. The number of benzene rings is 1. The van der Waals surface area contributed by atoms with Gasteiger partial charge in [0.25, 0.3) is 5.56 Å². The van der Waals surface area contributed by atoms with Crippen molar-refractivity contribution in [2.24, 2.45) is 0 Å². The van der Waals surface area contributed by atoms with Crippen LogP contribution in [0.2, 0.25) is 0 Å². The average Bonchev–Trinajstić information content (AvgIpc) is 2.51. The first-order valence-electron chi connectivity index (χ1n) is 7.17. The highest BCUT2D eigenvalue weighted by Gasteiger charge is 2.13. The van der Waals surface area contributed by atoms with Gasteiger partial charge in [-0.25, -0.2) is 0 Å². The van der Waals surface area contributed by atoms with Crippen LogP contribution in [0.1, 0.15) is 16.7 Å². The van der Waals surface area contributed by atoms with E-state index in [0.717, 1.165) is 22.0 Å². The first-order valence-corrected chi connectivity index (χ1v) is 7.58. The van der Waals surface area contributed by atoms with E-state index in [-0.39, 0.29) is 12.2 Å². The molecule has 118 valence electrons. The summed E-state index contributed by atoms with van der Waals surface area (Å²) in [5.74, 6) is 0. The molecule has 0 amide bonds. The fraction of sp³-hybridized carbons (Fsp3) is 0.375. The Bertz CT molecular complexity index is 755. The molecular weight excluding hydrogens is 298 g/mol. The molecule has 1 heterocycles. The maximum absolute atomic E-state index is 12.3. The van der Waals surface area contributed by atoms with Crippen molar-refractivity contribution in [3.05, 3.63) is 45.2 Å². The van der Waals surface area contributed by atoms with Crippen LogP contribution in [0.4, 0.5) is 0 Å². The molecule has 1 aromatic heterocycles. The number of aromatic amines is 1.